The van der Waals surface area contributed by atoms with Gasteiger partial charge in [-0.2, -0.15) is 0 Å². The number of benzene rings is 2. The van der Waals surface area contributed by atoms with Crippen LogP contribution in [0.2, 0.25) is 0 Å². The molecule has 1 atom stereocenters. The molecule has 1 N–H and O–H groups in total. The van der Waals surface area contributed by atoms with Crippen molar-refractivity contribution in [2.75, 3.05) is 6.61 Å². The summed E-state index contributed by atoms with van der Waals surface area (Å²) in [4.78, 5) is 11.2. The SMILES string of the molecule is CCCCCCCCOc1ccc(-c2ccccc2C(CCCC)CCC(=O)O)cc1F. The average Bonchev–Trinajstić information content (AvgIpc) is 2.79. The van der Waals surface area contributed by atoms with E-state index in [1.54, 1.807) is 12.1 Å². The van der Waals surface area contributed by atoms with Crippen molar-refractivity contribution in [2.45, 2.75) is 90.4 Å². The number of aliphatic carboxylic acids is 1. The lowest BCUT2D eigenvalue weighted by atomic mass is 9.84. The first-order valence-electron chi connectivity index (χ1n) is 12.3. The molecule has 0 aliphatic rings. The van der Waals surface area contributed by atoms with Gasteiger partial charge < -0.3 is 9.84 Å². The van der Waals surface area contributed by atoms with Gasteiger partial charge in [-0.1, -0.05) is 89.1 Å². The topological polar surface area (TPSA) is 46.5 Å². The molecule has 1 unspecified atom stereocenters. The van der Waals surface area contributed by atoms with Crippen molar-refractivity contribution < 1.29 is 19.0 Å². The molecule has 0 aliphatic carbocycles. The Labute approximate surface area is 193 Å². The first-order chi connectivity index (χ1) is 15.6. The zero-order chi connectivity index (χ0) is 23.2. The van der Waals surface area contributed by atoms with E-state index in [1.807, 2.05) is 24.3 Å². The number of halogens is 1. The van der Waals surface area contributed by atoms with Crippen LogP contribution < -0.4 is 4.74 Å². The second-order valence-electron chi connectivity index (χ2n) is 8.62. The van der Waals surface area contributed by atoms with E-state index in [9.17, 15) is 9.18 Å². The lowest BCUT2D eigenvalue weighted by molar-refractivity contribution is -0.137. The van der Waals surface area contributed by atoms with Crippen LogP contribution in [0.15, 0.2) is 42.5 Å². The molecule has 32 heavy (non-hydrogen) atoms. The van der Waals surface area contributed by atoms with Crippen LogP contribution in [-0.2, 0) is 4.79 Å². The monoisotopic (exact) mass is 442 g/mol. The van der Waals surface area contributed by atoms with Gasteiger partial charge in [0.1, 0.15) is 0 Å². The highest BCUT2D eigenvalue weighted by molar-refractivity contribution is 5.70. The van der Waals surface area contributed by atoms with E-state index in [4.69, 9.17) is 9.84 Å². The van der Waals surface area contributed by atoms with E-state index in [0.29, 0.717) is 18.8 Å². The number of carboxylic acids is 1. The van der Waals surface area contributed by atoms with Crippen LogP contribution in [0, 0.1) is 5.82 Å². The molecule has 0 heterocycles. The highest BCUT2D eigenvalue weighted by Crippen LogP contribution is 2.36. The molecule has 4 heteroatoms. The Bertz CT molecular complexity index is 818. The van der Waals surface area contributed by atoms with Crippen LogP contribution in [0.25, 0.3) is 11.1 Å². The molecule has 2 aromatic rings. The molecule has 0 fully saturated rings. The summed E-state index contributed by atoms with van der Waals surface area (Å²) in [7, 11) is 0. The third-order valence-electron chi connectivity index (χ3n) is 6.01. The predicted molar refractivity (Wildman–Crippen MR) is 130 cm³/mol. The maximum Gasteiger partial charge on any atom is 0.303 e. The standard InChI is InChI=1S/C28H39FO3/c1-3-5-7-8-9-12-20-32-27-18-16-23(21-26(27)29)25-15-11-10-14-24(25)22(13-6-4-2)17-19-28(30)31/h10-11,14-16,18,21-22H,3-9,12-13,17,19-20H2,1-2H3,(H,30,31). The zero-order valence-electron chi connectivity index (χ0n) is 19.7. The van der Waals surface area contributed by atoms with Gasteiger partial charge in [-0.05, 0) is 54.0 Å². The number of ether oxygens (including phenoxy) is 1. The summed E-state index contributed by atoms with van der Waals surface area (Å²) >= 11 is 0. The second-order valence-corrected chi connectivity index (χ2v) is 8.62. The quantitative estimate of drug-likeness (QED) is 0.266. The molecule has 0 saturated carbocycles. The Kier molecular flexibility index (Phi) is 11.9. The third-order valence-corrected chi connectivity index (χ3v) is 6.01. The van der Waals surface area contributed by atoms with Crippen molar-refractivity contribution in [3.63, 3.8) is 0 Å². The minimum atomic E-state index is -0.776. The van der Waals surface area contributed by atoms with E-state index < -0.39 is 5.97 Å². The van der Waals surface area contributed by atoms with Crippen molar-refractivity contribution in [1.82, 2.24) is 0 Å². The third kappa shape index (κ3) is 8.64. The molecule has 0 amide bonds. The van der Waals surface area contributed by atoms with E-state index in [1.165, 1.54) is 25.7 Å². The Hall–Kier alpha value is -2.36. The van der Waals surface area contributed by atoms with Crippen molar-refractivity contribution in [3.05, 3.63) is 53.8 Å². The molecule has 176 valence electrons. The van der Waals surface area contributed by atoms with Crippen LogP contribution in [0.3, 0.4) is 0 Å². The molecular weight excluding hydrogens is 403 g/mol. The highest BCUT2D eigenvalue weighted by atomic mass is 19.1. The first kappa shape index (κ1) is 25.9. The van der Waals surface area contributed by atoms with Gasteiger partial charge in [-0.15, -0.1) is 0 Å². The van der Waals surface area contributed by atoms with Gasteiger partial charge in [0.25, 0.3) is 0 Å². The molecule has 0 radical (unpaired) electrons. The highest BCUT2D eigenvalue weighted by Gasteiger charge is 2.18. The Balaban J connectivity index is 2.09. The summed E-state index contributed by atoms with van der Waals surface area (Å²) in [5, 5.41) is 9.17. The van der Waals surface area contributed by atoms with Gasteiger partial charge in [-0.3, -0.25) is 4.79 Å². The number of hydrogen-bond donors (Lipinski definition) is 1. The number of hydrogen-bond acceptors (Lipinski definition) is 2. The predicted octanol–water partition coefficient (Wildman–Crippen LogP) is 8.37. The molecule has 0 spiro atoms. The van der Waals surface area contributed by atoms with E-state index >= 15 is 0 Å². The fourth-order valence-electron chi connectivity index (χ4n) is 4.17. The lowest BCUT2D eigenvalue weighted by Gasteiger charge is -2.20. The Morgan fingerprint density at radius 2 is 1.66 bits per heavy atom. The molecule has 0 saturated heterocycles. The minimum Gasteiger partial charge on any atom is -0.491 e. The molecule has 0 bridgehead atoms. The largest absolute Gasteiger partial charge is 0.491 e. The molecular formula is C28H39FO3. The summed E-state index contributed by atoms with van der Waals surface area (Å²) in [6.45, 7) is 4.88. The fourth-order valence-corrected chi connectivity index (χ4v) is 4.17. The number of unbranched alkanes of at least 4 members (excludes halogenated alkanes) is 6. The van der Waals surface area contributed by atoms with Crippen LogP contribution in [-0.4, -0.2) is 17.7 Å². The van der Waals surface area contributed by atoms with E-state index in [-0.39, 0.29) is 18.2 Å². The second kappa shape index (κ2) is 14.7. The van der Waals surface area contributed by atoms with Crippen LogP contribution in [0.5, 0.6) is 5.75 Å². The van der Waals surface area contributed by atoms with E-state index in [0.717, 1.165) is 48.8 Å². The van der Waals surface area contributed by atoms with Crippen molar-refractivity contribution in [2.24, 2.45) is 0 Å². The summed E-state index contributed by atoms with van der Waals surface area (Å²) < 4.78 is 20.5. The van der Waals surface area contributed by atoms with E-state index in [2.05, 4.69) is 19.9 Å². The summed E-state index contributed by atoms with van der Waals surface area (Å²) in [6, 6.07) is 13.2. The fraction of sp³-hybridized carbons (Fsp3) is 0.536. The molecule has 3 nitrogen and oxygen atoms in total. The van der Waals surface area contributed by atoms with Gasteiger partial charge in [0.15, 0.2) is 11.6 Å². The smallest absolute Gasteiger partial charge is 0.303 e. The lowest BCUT2D eigenvalue weighted by Crippen LogP contribution is -2.05. The normalized spacial score (nSPS) is 12.0. The zero-order valence-corrected chi connectivity index (χ0v) is 19.7. The minimum absolute atomic E-state index is 0.141. The molecule has 0 aromatic heterocycles. The molecule has 2 aromatic carbocycles. The van der Waals surface area contributed by atoms with Crippen LogP contribution >= 0.6 is 0 Å². The number of carboxylic acid groups (broad SMARTS) is 1. The van der Waals surface area contributed by atoms with Gasteiger partial charge in [0.05, 0.1) is 6.61 Å². The average molecular weight is 443 g/mol. The van der Waals surface area contributed by atoms with Gasteiger partial charge >= 0.3 is 5.97 Å². The van der Waals surface area contributed by atoms with Crippen LogP contribution in [0.1, 0.15) is 96.0 Å². The summed E-state index contributed by atoms with van der Waals surface area (Å²) in [5.41, 5.74) is 2.88. The first-order valence-corrected chi connectivity index (χ1v) is 12.3. The Morgan fingerprint density at radius 1 is 0.938 bits per heavy atom. The molecule has 2 rings (SSSR count). The van der Waals surface area contributed by atoms with Crippen molar-refractivity contribution in [3.8, 4) is 16.9 Å². The summed E-state index contributed by atoms with van der Waals surface area (Å²) in [5.74, 6) is -0.678. The van der Waals surface area contributed by atoms with Gasteiger partial charge in [0.2, 0.25) is 0 Å². The van der Waals surface area contributed by atoms with Crippen molar-refractivity contribution in [1.29, 1.82) is 0 Å². The van der Waals surface area contributed by atoms with Gasteiger partial charge in [-0.25, -0.2) is 4.39 Å². The summed E-state index contributed by atoms with van der Waals surface area (Å²) in [6.07, 6.45) is 10.8. The number of carbonyl (C=O) groups is 1. The van der Waals surface area contributed by atoms with Gasteiger partial charge in [0, 0.05) is 6.42 Å². The van der Waals surface area contributed by atoms with Crippen LogP contribution in [0.4, 0.5) is 4.39 Å². The molecule has 0 aliphatic heterocycles. The van der Waals surface area contributed by atoms with Crippen molar-refractivity contribution >= 4 is 5.97 Å². The number of rotatable bonds is 16. The maximum atomic E-state index is 14.8. The maximum absolute atomic E-state index is 14.8. The Morgan fingerprint density at radius 3 is 2.38 bits per heavy atom.